The molecule has 0 bridgehead atoms. The summed E-state index contributed by atoms with van der Waals surface area (Å²) in [6.07, 6.45) is 3.49. The number of nitrogens with one attached hydrogen (secondary N) is 1. The van der Waals surface area contributed by atoms with Crippen molar-refractivity contribution in [1.82, 2.24) is 19.1 Å². The topological polar surface area (TPSA) is 117 Å². The first-order valence-corrected chi connectivity index (χ1v) is 12.9. The first-order chi connectivity index (χ1) is 16.3. The van der Waals surface area contributed by atoms with Gasteiger partial charge in [0.2, 0.25) is 10.0 Å². The molecule has 34 heavy (non-hydrogen) atoms. The molecule has 0 atom stereocenters. The van der Waals surface area contributed by atoms with E-state index in [-0.39, 0.29) is 22.0 Å². The Hall–Kier alpha value is -3.54. The molecule has 0 saturated heterocycles. The number of rotatable bonds is 8. The lowest BCUT2D eigenvalue weighted by atomic mass is 10.3. The maximum absolute atomic E-state index is 12.8. The third-order valence-corrected chi connectivity index (χ3v) is 8.08. The number of aromatic nitrogens is 3. The number of carbonyl (C=O) groups is 1. The minimum absolute atomic E-state index is 0.00956. The molecule has 2 N–H and O–H groups in total. The molecule has 4 aromatic rings. The molecule has 1 amide bonds. The van der Waals surface area contributed by atoms with Crippen molar-refractivity contribution < 1.29 is 18.3 Å². The highest BCUT2D eigenvalue weighted by molar-refractivity contribution is 7.89. The van der Waals surface area contributed by atoms with E-state index in [1.54, 1.807) is 30.1 Å². The largest absolute Gasteiger partial charge is 0.506 e. The summed E-state index contributed by atoms with van der Waals surface area (Å²) in [5.74, 6) is -0.808. The molecule has 0 unspecified atom stereocenters. The van der Waals surface area contributed by atoms with Gasteiger partial charge in [-0.15, -0.1) is 11.3 Å². The number of anilines is 1. The number of amides is 1. The number of thiazole rings is 1. The molecule has 176 valence electrons. The molecule has 0 aliphatic carbocycles. The van der Waals surface area contributed by atoms with E-state index in [1.807, 2.05) is 36.5 Å². The van der Waals surface area contributed by atoms with Crippen molar-refractivity contribution in [3.05, 3.63) is 72.0 Å². The average Bonchev–Trinajstić information content (AvgIpc) is 3.52. The summed E-state index contributed by atoms with van der Waals surface area (Å²) in [5, 5.41) is 19.3. The molecule has 2 heterocycles. The summed E-state index contributed by atoms with van der Waals surface area (Å²) in [7, 11) is -3.75. The van der Waals surface area contributed by atoms with E-state index in [0.717, 1.165) is 11.3 Å². The molecular formula is C23H23N5O4S2. The van der Waals surface area contributed by atoms with Gasteiger partial charge in [-0.3, -0.25) is 4.79 Å². The lowest BCUT2D eigenvalue weighted by molar-refractivity contribution is 0.102. The van der Waals surface area contributed by atoms with E-state index in [2.05, 4.69) is 15.4 Å². The zero-order chi connectivity index (χ0) is 24.3. The quantitative estimate of drug-likeness (QED) is 0.356. The van der Waals surface area contributed by atoms with Crippen LogP contribution in [0, 0.1) is 0 Å². The number of carbonyl (C=O) groups excluding carboxylic acids is 1. The fourth-order valence-corrected chi connectivity index (χ4v) is 5.60. The van der Waals surface area contributed by atoms with Crippen LogP contribution in [0.15, 0.2) is 71.2 Å². The van der Waals surface area contributed by atoms with Crippen LogP contribution in [-0.4, -0.2) is 51.6 Å². The van der Waals surface area contributed by atoms with Crippen LogP contribution < -0.4 is 5.32 Å². The van der Waals surface area contributed by atoms with E-state index < -0.39 is 15.9 Å². The Bertz CT molecular complexity index is 1410. The second-order valence-electron chi connectivity index (χ2n) is 7.27. The summed E-state index contributed by atoms with van der Waals surface area (Å²) in [4.78, 5) is 17.2. The summed E-state index contributed by atoms with van der Waals surface area (Å²) in [5.41, 5.74) is 1.79. The maximum atomic E-state index is 12.8. The van der Waals surface area contributed by atoms with Gasteiger partial charge in [0.15, 0.2) is 0 Å². The van der Waals surface area contributed by atoms with Crippen LogP contribution in [0.2, 0.25) is 0 Å². The minimum atomic E-state index is -3.75. The molecule has 0 aliphatic heterocycles. The van der Waals surface area contributed by atoms with Crippen LogP contribution >= 0.6 is 11.3 Å². The number of hydrogen-bond donors (Lipinski definition) is 2. The van der Waals surface area contributed by atoms with Gasteiger partial charge in [-0.05, 0) is 30.3 Å². The molecule has 0 radical (unpaired) electrons. The monoisotopic (exact) mass is 497 g/mol. The van der Waals surface area contributed by atoms with Crippen LogP contribution in [0.1, 0.15) is 24.3 Å². The molecule has 0 fully saturated rings. The molecule has 0 spiro atoms. The van der Waals surface area contributed by atoms with Crippen molar-refractivity contribution >= 4 is 33.0 Å². The predicted molar refractivity (Wildman–Crippen MR) is 131 cm³/mol. The predicted octanol–water partition coefficient (Wildman–Crippen LogP) is 3.98. The minimum Gasteiger partial charge on any atom is -0.506 e. The van der Waals surface area contributed by atoms with Crippen LogP contribution in [0.4, 0.5) is 5.69 Å². The van der Waals surface area contributed by atoms with E-state index in [0.29, 0.717) is 18.1 Å². The molecule has 2 aromatic carbocycles. The van der Waals surface area contributed by atoms with Gasteiger partial charge in [-0.25, -0.2) is 18.1 Å². The van der Waals surface area contributed by atoms with Crippen LogP contribution in [0.25, 0.3) is 16.3 Å². The number of nitrogens with zero attached hydrogens (tertiary/aromatic N) is 4. The smallest absolute Gasteiger partial charge is 0.275 e. The highest BCUT2D eigenvalue weighted by Gasteiger charge is 2.23. The Labute approximate surface area is 201 Å². The molecule has 0 aliphatic rings. The van der Waals surface area contributed by atoms with Crippen molar-refractivity contribution in [2.75, 3.05) is 18.4 Å². The number of aromatic hydroxyl groups is 1. The number of phenolic OH excluding ortho intramolecular Hbond substituents is 1. The Morgan fingerprint density at radius 1 is 1.15 bits per heavy atom. The summed E-state index contributed by atoms with van der Waals surface area (Å²) in [6.45, 7) is 4.11. The van der Waals surface area contributed by atoms with E-state index in [1.165, 1.54) is 33.8 Å². The maximum Gasteiger partial charge on any atom is 0.275 e. The molecular weight excluding hydrogens is 474 g/mol. The van der Waals surface area contributed by atoms with E-state index >= 15 is 0 Å². The average molecular weight is 498 g/mol. The summed E-state index contributed by atoms with van der Waals surface area (Å²) < 4.78 is 28.6. The van der Waals surface area contributed by atoms with Gasteiger partial charge in [0.1, 0.15) is 16.5 Å². The van der Waals surface area contributed by atoms with Gasteiger partial charge in [-0.1, -0.05) is 32.0 Å². The molecule has 2 aromatic heterocycles. The second kappa shape index (κ2) is 9.75. The number of para-hydroxylation sites is 1. The summed E-state index contributed by atoms with van der Waals surface area (Å²) >= 11 is 1.28. The highest BCUT2D eigenvalue weighted by Crippen LogP contribution is 2.29. The molecule has 0 saturated carbocycles. The number of benzene rings is 2. The summed E-state index contributed by atoms with van der Waals surface area (Å²) in [6, 6.07) is 13.4. The SMILES string of the molecule is CCN(CC)S(=O)(=O)c1ccc(O)c(NC(=O)c2csc(-c3cnn(-c4ccccc4)c3)n2)c1. The van der Waals surface area contributed by atoms with Crippen LogP contribution in [0.5, 0.6) is 5.75 Å². The van der Waals surface area contributed by atoms with Crippen molar-refractivity contribution in [3.8, 4) is 22.0 Å². The van der Waals surface area contributed by atoms with Gasteiger partial charge in [0, 0.05) is 30.2 Å². The van der Waals surface area contributed by atoms with Gasteiger partial charge < -0.3 is 10.4 Å². The Balaban J connectivity index is 1.54. The zero-order valence-electron chi connectivity index (χ0n) is 18.5. The van der Waals surface area contributed by atoms with Crippen molar-refractivity contribution in [3.63, 3.8) is 0 Å². The standard InChI is InChI=1S/C23H23N5O4S2/c1-3-27(4-2)34(31,32)18-10-11-21(29)19(12-18)25-22(30)20-15-33-23(26-20)16-13-24-28(14-16)17-8-6-5-7-9-17/h5-15,29H,3-4H2,1-2H3,(H,25,30). The zero-order valence-corrected chi connectivity index (χ0v) is 20.2. The van der Waals surface area contributed by atoms with E-state index in [4.69, 9.17) is 0 Å². The normalized spacial score (nSPS) is 11.6. The molecule has 11 heteroatoms. The van der Waals surface area contributed by atoms with Crippen molar-refractivity contribution in [1.29, 1.82) is 0 Å². The molecule has 4 rings (SSSR count). The van der Waals surface area contributed by atoms with Gasteiger partial charge in [-0.2, -0.15) is 9.40 Å². The van der Waals surface area contributed by atoms with Gasteiger partial charge >= 0.3 is 0 Å². The first kappa shape index (κ1) is 23.6. The lowest BCUT2D eigenvalue weighted by Gasteiger charge is -2.19. The van der Waals surface area contributed by atoms with Crippen molar-refractivity contribution in [2.45, 2.75) is 18.7 Å². The Morgan fingerprint density at radius 2 is 1.88 bits per heavy atom. The number of hydrogen-bond acceptors (Lipinski definition) is 7. The first-order valence-electron chi connectivity index (χ1n) is 10.5. The van der Waals surface area contributed by atoms with Gasteiger partial charge in [0.05, 0.1) is 22.5 Å². The third-order valence-electron chi connectivity index (χ3n) is 5.15. The number of phenols is 1. The van der Waals surface area contributed by atoms with Crippen molar-refractivity contribution in [2.24, 2.45) is 0 Å². The second-order valence-corrected chi connectivity index (χ2v) is 10.1. The number of sulfonamides is 1. The fourth-order valence-electron chi connectivity index (χ4n) is 3.34. The van der Waals surface area contributed by atoms with Gasteiger partial charge in [0.25, 0.3) is 5.91 Å². The highest BCUT2D eigenvalue weighted by atomic mass is 32.2. The Morgan fingerprint density at radius 3 is 2.59 bits per heavy atom. The third kappa shape index (κ3) is 4.72. The van der Waals surface area contributed by atoms with Crippen LogP contribution in [0.3, 0.4) is 0 Å². The van der Waals surface area contributed by atoms with E-state index in [9.17, 15) is 18.3 Å². The van der Waals surface area contributed by atoms with Crippen LogP contribution in [-0.2, 0) is 10.0 Å². The Kier molecular flexibility index (Phi) is 6.77. The fraction of sp³-hybridized carbons (Fsp3) is 0.174. The lowest BCUT2D eigenvalue weighted by Crippen LogP contribution is -2.30. The molecule has 9 nitrogen and oxygen atoms in total.